The topological polar surface area (TPSA) is 33.5 Å². The summed E-state index contributed by atoms with van der Waals surface area (Å²) >= 11 is 0. The fourth-order valence-electron chi connectivity index (χ4n) is 4.22. The maximum Gasteiger partial charge on any atom is 0.270 e. The van der Waals surface area contributed by atoms with Gasteiger partial charge in [-0.05, 0) is 49.8 Å². The van der Waals surface area contributed by atoms with Gasteiger partial charge in [-0.15, -0.1) is 0 Å². The molecule has 7 heteroatoms. The molecule has 1 aliphatic heterocycles. The maximum absolute atomic E-state index is 13.5. The Morgan fingerprint density at radius 1 is 1.00 bits per heavy atom. The van der Waals surface area contributed by atoms with E-state index in [1.165, 1.54) is 25.1 Å². The minimum Gasteiger partial charge on any atom is -0.379 e. The van der Waals surface area contributed by atoms with Gasteiger partial charge in [-0.25, -0.2) is 13.5 Å². The van der Waals surface area contributed by atoms with Crippen LogP contribution in [0.2, 0.25) is 0 Å². The molecule has 0 bridgehead atoms. The van der Waals surface area contributed by atoms with Crippen LogP contribution in [0.15, 0.2) is 30.3 Å². The van der Waals surface area contributed by atoms with Gasteiger partial charge in [0.1, 0.15) is 0 Å². The number of morpholine rings is 1. The fraction of sp³-hybridized carbons (Fsp3) is 0.690. The molecule has 1 aromatic heterocycles. The van der Waals surface area contributed by atoms with Gasteiger partial charge in [0.15, 0.2) is 5.82 Å². The Morgan fingerprint density at radius 3 is 2.14 bits per heavy atom. The first-order valence-electron chi connectivity index (χ1n) is 13.7. The predicted molar refractivity (Wildman–Crippen MR) is 147 cm³/mol. The molecule has 5 nitrogen and oxygen atoms in total. The first kappa shape index (κ1) is 30.2. The van der Waals surface area contributed by atoms with Crippen molar-refractivity contribution in [1.29, 1.82) is 0 Å². The minimum absolute atomic E-state index is 0.0225. The van der Waals surface area contributed by atoms with Crippen LogP contribution in [0.1, 0.15) is 84.9 Å². The standard InChI is InChI=1S/C22H33F2N3.C7H15NO/c1-7-13-26(14-12-16(2)3)21-15-20(17(4)5)27(25-21)19-10-8-18(9-11-19)22(6,23)24;1-2-3-8-4-6-9-7-5-8/h8-11,15-17H,7,12-14H2,1-6H3;2-7H2,1H3. The average Bonchev–Trinajstić information content (AvgIpc) is 3.28. The van der Waals surface area contributed by atoms with Gasteiger partial charge in [0.05, 0.1) is 18.9 Å². The van der Waals surface area contributed by atoms with Crippen LogP contribution in [0.25, 0.3) is 5.69 Å². The Morgan fingerprint density at radius 2 is 1.64 bits per heavy atom. The molecule has 1 saturated heterocycles. The van der Waals surface area contributed by atoms with E-state index in [1.54, 1.807) is 12.1 Å². The van der Waals surface area contributed by atoms with Crippen molar-refractivity contribution in [3.63, 3.8) is 0 Å². The van der Waals surface area contributed by atoms with Gasteiger partial charge in [0.25, 0.3) is 5.92 Å². The average molecular weight is 507 g/mol. The maximum atomic E-state index is 13.5. The van der Waals surface area contributed by atoms with E-state index in [4.69, 9.17) is 9.84 Å². The SMILES string of the molecule is CCCN(CCC(C)C)c1cc(C(C)C)n(-c2ccc(C(C)(F)F)cc2)n1.CCCN1CCOCC1. The quantitative estimate of drug-likeness (QED) is 0.325. The van der Waals surface area contributed by atoms with Gasteiger partial charge in [-0.1, -0.05) is 53.7 Å². The van der Waals surface area contributed by atoms with Gasteiger partial charge >= 0.3 is 0 Å². The lowest BCUT2D eigenvalue weighted by atomic mass is 10.1. The molecule has 0 amide bonds. The van der Waals surface area contributed by atoms with Crippen molar-refractivity contribution in [2.45, 2.75) is 79.6 Å². The summed E-state index contributed by atoms with van der Waals surface area (Å²) in [7, 11) is 0. The molecule has 0 aliphatic carbocycles. The van der Waals surface area contributed by atoms with Gasteiger partial charge in [-0.3, -0.25) is 4.90 Å². The highest BCUT2D eigenvalue weighted by atomic mass is 19.3. The summed E-state index contributed by atoms with van der Waals surface area (Å²) in [5.41, 5.74) is 1.93. The van der Waals surface area contributed by atoms with E-state index in [0.717, 1.165) is 76.4 Å². The van der Waals surface area contributed by atoms with Gasteiger partial charge in [0, 0.05) is 50.4 Å². The van der Waals surface area contributed by atoms with Crippen LogP contribution in [-0.2, 0) is 10.7 Å². The fourth-order valence-corrected chi connectivity index (χ4v) is 4.22. The number of anilines is 1. The summed E-state index contributed by atoms with van der Waals surface area (Å²) in [5, 5.41) is 4.85. The lowest BCUT2D eigenvalue weighted by Gasteiger charge is -2.25. The molecule has 0 radical (unpaired) electrons. The Labute approximate surface area is 217 Å². The van der Waals surface area contributed by atoms with Crippen molar-refractivity contribution < 1.29 is 13.5 Å². The highest BCUT2D eigenvalue weighted by Crippen LogP contribution is 2.29. The zero-order valence-corrected chi connectivity index (χ0v) is 23.6. The Kier molecular flexibility index (Phi) is 12.3. The first-order chi connectivity index (χ1) is 17.1. The van der Waals surface area contributed by atoms with Crippen LogP contribution in [0.4, 0.5) is 14.6 Å². The van der Waals surface area contributed by atoms with Crippen LogP contribution >= 0.6 is 0 Å². The van der Waals surface area contributed by atoms with E-state index < -0.39 is 5.92 Å². The highest BCUT2D eigenvalue weighted by Gasteiger charge is 2.24. The third-order valence-electron chi connectivity index (χ3n) is 6.37. The summed E-state index contributed by atoms with van der Waals surface area (Å²) in [6, 6.07) is 8.58. The summed E-state index contributed by atoms with van der Waals surface area (Å²) in [6.45, 7) is 21.3. The van der Waals surface area contributed by atoms with Crippen LogP contribution in [0.3, 0.4) is 0 Å². The monoisotopic (exact) mass is 506 g/mol. The molecule has 204 valence electrons. The van der Waals surface area contributed by atoms with Gasteiger partial charge in [0.2, 0.25) is 0 Å². The Hall–Kier alpha value is -1.99. The second-order valence-electron chi connectivity index (χ2n) is 10.6. The number of aromatic nitrogens is 2. The van der Waals surface area contributed by atoms with E-state index in [9.17, 15) is 8.78 Å². The van der Waals surface area contributed by atoms with Crippen LogP contribution < -0.4 is 4.90 Å². The molecule has 1 aromatic carbocycles. The molecule has 36 heavy (non-hydrogen) atoms. The van der Waals surface area contributed by atoms with Gasteiger partial charge in [-0.2, -0.15) is 5.10 Å². The van der Waals surface area contributed by atoms with Crippen molar-refractivity contribution in [2.24, 2.45) is 5.92 Å². The van der Waals surface area contributed by atoms with Crippen molar-refractivity contribution in [2.75, 3.05) is 50.8 Å². The van der Waals surface area contributed by atoms with E-state index in [-0.39, 0.29) is 11.5 Å². The molecule has 0 spiro atoms. The second kappa shape index (κ2) is 14.7. The van der Waals surface area contributed by atoms with Crippen molar-refractivity contribution in [3.05, 3.63) is 41.6 Å². The third-order valence-corrected chi connectivity index (χ3v) is 6.37. The Bertz CT molecular complexity index is 866. The molecule has 0 N–H and O–H groups in total. The van der Waals surface area contributed by atoms with Gasteiger partial charge < -0.3 is 9.64 Å². The Balaban J connectivity index is 0.000000425. The summed E-state index contributed by atoms with van der Waals surface area (Å²) in [4.78, 5) is 4.78. The molecule has 0 atom stereocenters. The largest absolute Gasteiger partial charge is 0.379 e. The minimum atomic E-state index is -2.83. The van der Waals surface area contributed by atoms with E-state index >= 15 is 0 Å². The molecule has 1 aliphatic rings. The number of hydrogen-bond acceptors (Lipinski definition) is 4. The third kappa shape index (κ3) is 9.47. The molecule has 0 saturated carbocycles. The normalized spacial score (nSPS) is 14.8. The van der Waals surface area contributed by atoms with E-state index in [0.29, 0.717) is 5.92 Å². The smallest absolute Gasteiger partial charge is 0.270 e. The highest BCUT2D eigenvalue weighted by molar-refractivity contribution is 5.45. The van der Waals surface area contributed by atoms with E-state index in [2.05, 4.69) is 57.4 Å². The second-order valence-corrected chi connectivity index (χ2v) is 10.6. The lowest BCUT2D eigenvalue weighted by molar-refractivity contribution is 0.0175. The number of hydrogen-bond donors (Lipinski definition) is 0. The van der Waals surface area contributed by atoms with Crippen molar-refractivity contribution in [1.82, 2.24) is 14.7 Å². The first-order valence-corrected chi connectivity index (χ1v) is 13.7. The molecular weight excluding hydrogens is 458 g/mol. The number of rotatable bonds is 11. The number of halogens is 2. The van der Waals surface area contributed by atoms with Crippen molar-refractivity contribution in [3.8, 4) is 5.69 Å². The molecular formula is C29H48F2N4O. The molecule has 0 unspecified atom stereocenters. The number of nitrogens with zero attached hydrogens (tertiary/aromatic N) is 4. The molecule has 2 aromatic rings. The molecule has 3 rings (SSSR count). The van der Waals surface area contributed by atoms with Crippen LogP contribution in [0, 0.1) is 5.92 Å². The van der Waals surface area contributed by atoms with Crippen LogP contribution in [-0.4, -0.2) is 60.6 Å². The summed E-state index contributed by atoms with van der Waals surface area (Å²) in [6.07, 6.45) is 3.44. The predicted octanol–water partition coefficient (Wildman–Crippen LogP) is 7.10. The number of ether oxygens (including phenoxy) is 1. The number of benzene rings is 1. The number of alkyl halides is 2. The zero-order valence-electron chi connectivity index (χ0n) is 23.6. The molecule has 1 fully saturated rings. The van der Waals surface area contributed by atoms with Crippen LogP contribution in [0.5, 0.6) is 0 Å². The molecule has 2 heterocycles. The van der Waals surface area contributed by atoms with E-state index in [1.807, 2.05) is 4.68 Å². The van der Waals surface area contributed by atoms with Crippen molar-refractivity contribution >= 4 is 5.82 Å². The summed E-state index contributed by atoms with van der Waals surface area (Å²) < 4.78 is 34.1. The zero-order chi connectivity index (χ0) is 26.7. The summed E-state index contributed by atoms with van der Waals surface area (Å²) in [5.74, 6) is -0.943. The lowest BCUT2D eigenvalue weighted by Crippen LogP contribution is -2.36.